The minimum atomic E-state index is 0.297. The second kappa shape index (κ2) is 7.62. The molecular formula is C29H27NS. The van der Waals surface area contributed by atoms with Crippen LogP contribution in [0.15, 0.2) is 79.0 Å². The Balaban J connectivity index is 1.60. The maximum atomic E-state index is 4.77. The van der Waals surface area contributed by atoms with Gasteiger partial charge in [0.25, 0.3) is 0 Å². The SMILES string of the molecule is Cc1cc2c(s1)c(-c1cc(-c3ccc(CC(C)(C)C)cc3)ccn1)cc1ccccc12. The molecule has 1 nitrogen and oxygen atoms in total. The van der Waals surface area contributed by atoms with Crippen LogP contribution in [0.3, 0.4) is 0 Å². The van der Waals surface area contributed by atoms with Crippen molar-refractivity contribution in [2.75, 3.05) is 0 Å². The van der Waals surface area contributed by atoms with Gasteiger partial charge in [0.05, 0.1) is 5.69 Å². The highest BCUT2D eigenvalue weighted by molar-refractivity contribution is 7.19. The van der Waals surface area contributed by atoms with Gasteiger partial charge in [0, 0.05) is 26.7 Å². The molecule has 2 aromatic heterocycles. The molecule has 0 aliphatic carbocycles. The lowest BCUT2D eigenvalue weighted by atomic mass is 9.87. The smallest absolute Gasteiger partial charge is 0.0722 e. The molecule has 31 heavy (non-hydrogen) atoms. The number of thiophene rings is 1. The van der Waals surface area contributed by atoms with E-state index in [9.17, 15) is 0 Å². The number of fused-ring (bicyclic) bond motifs is 3. The lowest BCUT2D eigenvalue weighted by molar-refractivity contribution is 0.411. The van der Waals surface area contributed by atoms with Gasteiger partial charge in [-0.15, -0.1) is 11.3 Å². The van der Waals surface area contributed by atoms with Gasteiger partial charge in [-0.3, -0.25) is 4.98 Å². The second-order valence-corrected chi connectivity index (χ2v) is 10.9. The third-order valence-electron chi connectivity index (χ3n) is 5.71. The Morgan fingerprint density at radius 2 is 1.58 bits per heavy atom. The van der Waals surface area contributed by atoms with Gasteiger partial charge in [-0.2, -0.15) is 0 Å². The molecule has 2 heterocycles. The van der Waals surface area contributed by atoms with Crippen molar-refractivity contribution in [2.24, 2.45) is 5.41 Å². The van der Waals surface area contributed by atoms with E-state index in [1.807, 2.05) is 17.5 Å². The third-order valence-corrected chi connectivity index (χ3v) is 6.79. The minimum absolute atomic E-state index is 0.297. The Morgan fingerprint density at radius 3 is 2.35 bits per heavy atom. The topological polar surface area (TPSA) is 12.9 Å². The number of pyridine rings is 1. The lowest BCUT2D eigenvalue weighted by Crippen LogP contribution is -2.08. The van der Waals surface area contributed by atoms with Crippen LogP contribution in [-0.4, -0.2) is 4.98 Å². The summed E-state index contributed by atoms with van der Waals surface area (Å²) in [7, 11) is 0. The predicted molar refractivity (Wildman–Crippen MR) is 136 cm³/mol. The van der Waals surface area contributed by atoms with E-state index < -0.39 is 0 Å². The van der Waals surface area contributed by atoms with Crippen molar-refractivity contribution in [1.82, 2.24) is 4.98 Å². The number of nitrogens with zero attached hydrogens (tertiary/aromatic N) is 1. The van der Waals surface area contributed by atoms with Gasteiger partial charge in [-0.05, 0) is 70.5 Å². The average molecular weight is 422 g/mol. The molecule has 0 aliphatic heterocycles. The van der Waals surface area contributed by atoms with Crippen LogP contribution in [-0.2, 0) is 6.42 Å². The van der Waals surface area contributed by atoms with E-state index >= 15 is 0 Å². The van der Waals surface area contributed by atoms with Gasteiger partial charge in [0.2, 0.25) is 0 Å². The van der Waals surface area contributed by atoms with Crippen LogP contribution in [0.4, 0.5) is 0 Å². The zero-order valence-electron chi connectivity index (χ0n) is 18.6. The van der Waals surface area contributed by atoms with E-state index in [4.69, 9.17) is 4.98 Å². The number of aryl methyl sites for hydroxylation is 1. The normalized spacial score (nSPS) is 12.0. The van der Waals surface area contributed by atoms with Crippen molar-refractivity contribution in [3.8, 4) is 22.4 Å². The predicted octanol–water partition coefficient (Wildman–Crippen LogP) is 8.68. The summed E-state index contributed by atoms with van der Waals surface area (Å²) in [6.07, 6.45) is 3.02. The van der Waals surface area contributed by atoms with Crippen LogP contribution in [0, 0.1) is 12.3 Å². The van der Waals surface area contributed by atoms with Crippen LogP contribution >= 0.6 is 11.3 Å². The highest BCUT2D eigenvalue weighted by atomic mass is 32.1. The summed E-state index contributed by atoms with van der Waals surface area (Å²) < 4.78 is 1.32. The van der Waals surface area contributed by atoms with Crippen LogP contribution in [0.25, 0.3) is 43.2 Å². The first-order chi connectivity index (χ1) is 14.9. The molecule has 3 aromatic carbocycles. The van der Waals surface area contributed by atoms with Gasteiger partial charge in [0.1, 0.15) is 0 Å². The fraction of sp³-hybridized carbons (Fsp3) is 0.207. The molecular weight excluding hydrogens is 394 g/mol. The Hall–Kier alpha value is -2.97. The van der Waals surface area contributed by atoms with Gasteiger partial charge >= 0.3 is 0 Å². The molecule has 0 unspecified atom stereocenters. The number of benzene rings is 3. The zero-order valence-corrected chi connectivity index (χ0v) is 19.4. The Labute approximate surface area is 188 Å². The summed E-state index contributed by atoms with van der Waals surface area (Å²) in [5.41, 5.74) is 6.39. The van der Waals surface area contributed by atoms with E-state index in [0.29, 0.717) is 5.41 Å². The first-order valence-electron chi connectivity index (χ1n) is 10.8. The van der Waals surface area contributed by atoms with Crippen LogP contribution in [0.2, 0.25) is 0 Å². The maximum absolute atomic E-state index is 4.77. The minimum Gasteiger partial charge on any atom is -0.256 e. The van der Waals surface area contributed by atoms with Crippen LogP contribution < -0.4 is 0 Å². The molecule has 2 heteroatoms. The number of hydrogen-bond donors (Lipinski definition) is 0. The molecule has 0 aliphatic rings. The molecule has 0 fully saturated rings. The van der Waals surface area contributed by atoms with Gasteiger partial charge in [-0.25, -0.2) is 0 Å². The van der Waals surface area contributed by atoms with E-state index in [2.05, 4.69) is 100 Å². The summed E-state index contributed by atoms with van der Waals surface area (Å²) in [5, 5.41) is 3.91. The molecule has 5 rings (SSSR count). The number of rotatable bonds is 3. The molecule has 5 aromatic rings. The monoisotopic (exact) mass is 421 g/mol. The van der Waals surface area contributed by atoms with Crippen molar-refractivity contribution in [1.29, 1.82) is 0 Å². The summed E-state index contributed by atoms with van der Waals surface area (Å²) in [6, 6.07) is 26.6. The molecule has 0 spiro atoms. The van der Waals surface area contributed by atoms with Crippen molar-refractivity contribution in [3.05, 3.63) is 89.4 Å². The van der Waals surface area contributed by atoms with Crippen LogP contribution in [0.1, 0.15) is 31.2 Å². The molecule has 0 bridgehead atoms. The first-order valence-corrected chi connectivity index (χ1v) is 11.7. The fourth-order valence-corrected chi connectivity index (χ4v) is 5.43. The molecule has 0 N–H and O–H groups in total. The van der Waals surface area contributed by atoms with E-state index in [1.165, 1.54) is 48.0 Å². The van der Waals surface area contributed by atoms with Gasteiger partial charge in [-0.1, -0.05) is 69.3 Å². The molecule has 0 radical (unpaired) electrons. The quantitative estimate of drug-likeness (QED) is 0.284. The summed E-state index contributed by atoms with van der Waals surface area (Å²) in [5.74, 6) is 0. The van der Waals surface area contributed by atoms with E-state index in [1.54, 1.807) is 0 Å². The zero-order chi connectivity index (χ0) is 21.6. The summed E-state index contributed by atoms with van der Waals surface area (Å²) in [6.45, 7) is 9.04. The maximum Gasteiger partial charge on any atom is 0.0722 e. The summed E-state index contributed by atoms with van der Waals surface area (Å²) in [4.78, 5) is 6.11. The highest BCUT2D eigenvalue weighted by Crippen LogP contribution is 2.39. The average Bonchev–Trinajstić information content (AvgIpc) is 3.14. The largest absolute Gasteiger partial charge is 0.256 e. The fourth-order valence-electron chi connectivity index (χ4n) is 4.38. The van der Waals surface area contributed by atoms with Crippen molar-refractivity contribution in [2.45, 2.75) is 34.1 Å². The first kappa shape index (κ1) is 20.0. The van der Waals surface area contributed by atoms with Crippen LogP contribution in [0.5, 0.6) is 0 Å². The molecule has 0 atom stereocenters. The summed E-state index contributed by atoms with van der Waals surface area (Å²) >= 11 is 1.86. The van der Waals surface area contributed by atoms with E-state index in [-0.39, 0.29) is 0 Å². The molecule has 0 amide bonds. The Morgan fingerprint density at radius 1 is 0.806 bits per heavy atom. The second-order valence-electron chi connectivity index (χ2n) is 9.61. The molecule has 0 saturated heterocycles. The van der Waals surface area contributed by atoms with Crippen molar-refractivity contribution in [3.63, 3.8) is 0 Å². The van der Waals surface area contributed by atoms with Gasteiger partial charge < -0.3 is 0 Å². The Kier molecular flexibility index (Phi) is 4.91. The molecule has 154 valence electrons. The van der Waals surface area contributed by atoms with Crippen molar-refractivity contribution >= 4 is 32.2 Å². The van der Waals surface area contributed by atoms with Gasteiger partial charge in [0.15, 0.2) is 0 Å². The van der Waals surface area contributed by atoms with E-state index in [0.717, 1.165) is 12.1 Å². The number of aromatic nitrogens is 1. The number of hydrogen-bond acceptors (Lipinski definition) is 2. The molecule has 0 saturated carbocycles. The lowest BCUT2D eigenvalue weighted by Gasteiger charge is -2.18. The highest BCUT2D eigenvalue weighted by Gasteiger charge is 2.14. The third kappa shape index (κ3) is 4.00. The standard InChI is InChI=1S/C29H27NS/c1-19-15-25-24-8-6-5-7-23(24)16-26(28(25)31-19)27-17-22(13-14-30-27)21-11-9-20(10-12-21)18-29(2,3)4/h5-17H,18H2,1-4H3. The Bertz CT molecular complexity index is 1380. The van der Waals surface area contributed by atoms with Crippen molar-refractivity contribution < 1.29 is 0 Å².